The largest absolute Gasteiger partial charge is 0.348 e. The first-order valence-corrected chi connectivity index (χ1v) is 8.14. The lowest BCUT2D eigenvalue weighted by Crippen LogP contribution is -2.53. The molecule has 1 aromatic rings. The van der Waals surface area contributed by atoms with Crippen molar-refractivity contribution in [2.45, 2.75) is 44.2 Å². The van der Waals surface area contributed by atoms with Crippen LogP contribution in [-0.2, 0) is 0 Å². The van der Waals surface area contributed by atoms with E-state index in [-0.39, 0.29) is 18.3 Å². The summed E-state index contributed by atoms with van der Waals surface area (Å²) in [6, 6.07) is 4.20. The molecular weight excluding hydrogens is 315 g/mol. The molecule has 0 saturated heterocycles. The SMILES string of the molecule is Cl.NC1CC2CCCC(C1)C2NC(=O)c1ccc(Cl)s1. The van der Waals surface area contributed by atoms with Crippen LogP contribution in [0.4, 0.5) is 0 Å². The molecule has 6 heteroatoms. The highest BCUT2D eigenvalue weighted by Gasteiger charge is 2.40. The fourth-order valence-electron chi connectivity index (χ4n) is 3.68. The Kier molecular flexibility index (Phi) is 5.35. The molecule has 1 heterocycles. The van der Waals surface area contributed by atoms with Gasteiger partial charge in [0.2, 0.25) is 0 Å². The summed E-state index contributed by atoms with van der Waals surface area (Å²) in [5.74, 6) is 1.14. The van der Waals surface area contributed by atoms with E-state index in [1.165, 1.54) is 30.6 Å². The summed E-state index contributed by atoms with van der Waals surface area (Å²) >= 11 is 7.23. The molecule has 0 aromatic carbocycles. The van der Waals surface area contributed by atoms with Gasteiger partial charge in [-0.05, 0) is 49.7 Å². The second-order valence-electron chi connectivity index (χ2n) is 5.79. The van der Waals surface area contributed by atoms with E-state index in [9.17, 15) is 4.79 Å². The first kappa shape index (κ1) is 16.1. The molecule has 1 aromatic heterocycles. The fourth-order valence-corrected chi connectivity index (χ4v) is 4.63. The van der Waals surface area contributed by atoms with Crippen LogP contribution in [0.2, 0.25) is 4.34 Å². The summed E-state index contributed by atoms with van der Waals surface area (Å²) in [4.78, 5) is 13.0. The van der Waals surface area contributed by atoms with Gasteiger partial charge in [0.15, 0.2) is 0 Å². The normalized spacial score (nSPS) is 32.3. The molecule has 20 heavy (non-hydrogen) atoms. The predicted octanol–water partition coefficient (Wildman–Crippen LogP) is 3.46. The molecule has 2 aliphatic carbocycles. The summed E-state index contributed by atoms with van der Waals surface area (Å²) in [5.41, 5.74) is 6.10. The van der Waals surface area contributed by atoms with Gasteiger partial charge in [0.25, 0.3) is 5.91 Å². The van der Waals surface area contributed by atoms with Gasteiger partial charge in [-0.15, -0.1) is 23.7 Å². The quantitative estimate of drug-likeness (QED) is 0.870. The molecule has 2 fully saturated rings. The van der Waals surface area contributed by atoms with E-state index in [2.05, 4.69) is 5.32 Å². The van der Waals surface area contributed by atoms with Gasteiger partial charge in [-0.25, -0.2) is 0 Å². The minimum absolute atomic E-state index is 0. The summed E-state index contributed by atoms with van der Waals surface area (Å²) in [7, 11) is 0. The molecule has 1 amide bonds. The van der Waals surface area contributed by atoms with Crippen LogP contribution in [0.25, 0.3) is 0 Å². The zero-order valence-electron chi connectivity index (χ0n) is 11.2. The topological polar surface area (TPSA) is 55.1 Å². The molecule has 3 N–H and O–H groups in total. The third-order valence-corrected chi connectivity index (χ3v) is 5.70. The van der Waals surface area contributed by atoms with E-state index in [0.717, 1.165) is 12.8 Å². The number of hydrogen-bond acceptors (Lipinski definition) is 3. The molecule has 2 atom stereocenters. The van der Waals surface area contributed by atoms with Crippen molar-refractivity contribution in [3.05, 3.63) is 21.3 Å². The predicted molar refractivity (Wildman–Crippen MR) is 85.9 cm³/mol. The van der Waals surface area contributed by atoms with Crippen molar-refractivity contribution in [2.24, 2.45) is 17.6 Å². The van der Waals surface area contributed by atoms with Crippen LogP contribution in [0.15, 0.2) is 12.1 Å². The number of carbonyl (C=O) groups excluding carboxylic acids is 1. The van der Waals surface area contributed by atoms with E-state index in [4.69, 9.17) is 17.3 Å². The first-order valence-electron chi connectivity index (χ1n) is 6.95. The highest BCUT2D eigenvalue weighted by atomic mass is 35.5. The van der Waals surface area contributed by atoms with E-state index in [1.807, 2.05) is 0 Å². The van der Waals surface area contributed by atoms with Crippen LogP contribution in [0, 0.1) is 11.8 Å². The highest BCUT2D eigenvalue weighted by molar-refractivity contribution is 7.17. The van der Waals surface area contributed by atoms with Crippen molar-refractivity contribution in [3.8, 4) is 0 Å². The lowest BCUT2D eigenvalue weighted by Gasteiger charge is -2.45. The minimum Gasteiger partial charge on any atom is -0.348 e. The first-order chi connectivity index (χ1) is 9.13. The van der Waals surface area contributed by atoms with Gasteiger partial charge in [0.05, 0.1) is 9.21 Å². The molecule has 3 nitrogen and oxygen atoms in total. The Morgan fingerprint density at radius 2 is 1.95 bits per heavy atom. The van der Waals surface area contributed by atoms with Crippen LogP contribution in [0.1, 0.15) is 41.8 Å². The number of amides is 1. The Labute approximate surface area is 134 Å². The smallest absolute Gasteiger partial charge is 0.261 e. The van der Waals surface area contributed by atoms with Crippen LogP contribution >= 0.6 is 35.3 Å². The Morgan fingerprint density at radius 1 is 1.30 bits per heavy atom. The maximum absolute atomic E-state index is 12.2. The summed E-state index contributed by atoms with van der Waals surface area (Å²) in [5, 5.41) is 3.23. The van der Waals surface area contributed by atoms with Gasteiger partial charge >= 0.3 is 0 Å². The molecule has 2 aliphatic rings. The Hall–Kier alpha value is -0.290. The zero-order chi connectivity index (χ0) is 13.4. The minimum atomic E-state index is 0. The van der Waals surface area contributed by atoms with Crippen molar-refractivity contribution in [3.63, 3.8) is 0 Å². The number of carbonyl (C=O) groups is 1. The van der Waals surface area contributed by atoms with Gasteiger partial charge in [-0.3, -0.25) is 4.79 Å². The molecule has 2 saturated carbocycles. The third-order valence-electron chi connectivity index (χ3n) is 4.47. The highest BCUT2D eigenvalue weighted by Crippen LogP contribution is 2.39. The molecule has 2 unspecified atom stereocenters. The van der Waals surface area contributed by atoms with Crippen LogP contribution in [0.5, 0.6) is 0 Å². The average Bonchev–Trinajstić information content (AvgIpc) is 2.77. The van der Waals surface area contributed by atoms with Crippen LogP contribution in [-0.4, -0.2) is 18.0 Å². The fraction of sp³-hybridized carbons (Fsp3) is 0.643. The molecular formula is C14H20Cl2N2OS. The summed E-state index contributed by atoms with van der Waals surface area (Å²) in [6.45, 7) is 0. The number of fused-ring (bicyclic) bond motifs is 2. The van der Waals surface area contributed by atoms with Gasteiger partial charge in [0.1, 0.15) is 0 Å². The number of rotatable bonds is 2. The second-order valence-corrected chi connectivity index (χ2v) is 7.50. The number of halogens is 2. The summed E-state index contributed by atoms with van der Waals surface area (Å²) in [6.07, 6.45) is 5.76. The molecule has 0 aliphatic heterocycles. The average molecular weight is 335 g/mol. The van der Waals surface area contributed by atoms with Crippen molar-refractivity contribution < 1.29 is 4.79 Å². The molecule has 0 radical (unpaired) electrons. The molecule has 112 valence electrons. The van der Waals surface area contributed by atoms with Gasteiger partial charge in [-0.2, -0.15) is 0 Å². The number of nitrogens with one attached hydrogen (secondary N) is 1. The van der Waals surface area contributed by atoms with Gasteiger partial charge in [0, 0.05) is 12.1 Å². The maximum Gasteiger partial charge on any atom is 0.261 e. The lowest BCUT2D eigenvalue weighted by molar-refractivity contribution is 0.0759. The molecule has 3 rings (SSSR count). The van der Waals surface area contributed by atoms with E-state index >= 15 is 0 Å². The molecule has 2 bridgehead atoms. The van der Waals surface area contributed by atoms with Crippen molar-refractivity contribution in [1.82, 2.24) is 5.32 Å². The van der Waals surface area contributed by atoms with E-state index in [0.29, 0.717) is 33.1 Å². The molecule has 0 spiro atoms. The van der Waals surface area contributed by atoms with Crippen LogP contribution < -0.4 is 11.1 Å². The maximum atomic E-state index is 12.2. The Morgan fingerprint density at radius 3 is 2.50 bits per heavy atom. The van der Waals surface area contributed by atoms with Crippen molar-refractivity contribution in [2.75, 3.05) is 0 Å². The number of nitrogens with two attached hydrogens (primary N) is 1. The second kappa shape index (κ2) is 6.65. The third kappa shape index (κ3) is 3.30. The number of hydrogen-bond donors (Lipinski definition) is 2. The lowest BCUT2D eigenvalue weighted by atomic mass is 9.67. The Balaban J connectivity index is 0.00000147. The standard InChI is InChI=1S/C14H19ClN2OS.ClH/c15-12-5-4-11(19-12)14(18)17-13-8-2-1-3-9(13)7-10(16)6-8;/h4-5,8-10,13H,1-3,6-7,16H2,(H,17,18);1H. The van der Waals surface area contributed by atoms with E-state index < -0.39 is 0 Å². The summed E-state index contributed by atoms with van der Waals surface area (Å²) < 4.78 is 0.663. The zero-order valence-corrected chi connectivity index (χ0v) is 13.6. The monoisotopic (exact) mass is 334 g/mol. The van der Waals surface area contributed by atoms with Crippen molar-refractivity contribution >= 4 is 41.3 Å². The Bertz CT molecular complexity index is 465. The van der Waals surface area contributed by atoms with Crippen LogP contribution in [0.3, 0.4) is 0 Å². The van der Waals surface area contributed by atoms with Gasteiger partial charge < -0.3 is 11.1 Å². The van der Waals surface area contributed by atoms with E-state index in [1.54, 1.807) is 12.1 Å². The number of thiophene rings is 1. The van der Waals surface area contributed by atoms with Crippen molar-refractivity contribution in [1.29, 1.82) is 0 Å². The van der Waals surface area contributed by atoms with Gasteiger partial charge in [-0.1, -0.05) is 18.0 Å².